The molecule has 4 rings (SSSR count). The first-order valence-electron chi connectivity index (χ1n) is 8.36. The molecule has 0 radical (unpaired) electrons. The second kappa shape index (κ2) is 6.43. The van der Waals surface area contributed by atoms with E-state index in [-0.39, 0.29) is 0 Å². The van der Waals surface area contributed by atoms with E-state index in [4.69, 9.17) is 4.98 Å². The summed E-state index contributed by atoms with van der Waals surface area (Å²) in [5.74, 6) is 1.80. The van der Waals surface area contributed by atoms with Crippen molar-refractivity contribution in [2.24, 2.45) is 7.05 Å². The van der Waals surface area contributed by atoms with E-state index in [9.17, 15) is 0 Å². The van der Waals surface area contributed by atoms with Gasteiger partial charge in [0.1, 0.15) is 11.6 Å². The molecule has 0 aliphatic carbocycles. The Morgan fingerprint density at radius 2 is 1.76 bits per heavy atom. The predicted molar refractivity (Wildman–Crippen MR) is 98.1 cm³/mol. The highest BCUT2D eigenvalue weighted by atomic mass is 15.0. The second-order valence-corrected chi connectivity index (χ2v) is 6.11. The Balaban J connectivity index is 1.61. The average Bonchev–Trinajstić information content (AvgIpc) is 3.01. The lowest BCUT2D eigenvalue weighted by atomic mass is 10.1. The summed E-state index contributed by atoms with van der Waals surface area (Å²) >= 11 is 0. The monoisotopic (exact) mass is 329 g/mol. The van der Waals surface area contributed by atoms with Gasteiger partial charge in [0.15, 0.2) is 5.65 Å². The van der Waals surface area contributed by atoms with Crippen LogP contribution >= 0.6 is 0 Å². The van der Waals surface area contributed by atoms with Crippen molar-refractivity contribution in [3.8, 4) is 11.3 Å². The van der Waals surface area contributed by atoms with Gasteiger partial charge in [0.25, 0.3) is 0 Å². The van der Waals surface area contributed by atoms with E-state index < -0.39 is 0 Å². The summed E-state index contributed by atoms with van der Waals surface area (Å²) in [6.45, 7) is 1.91. The Labute approximate surface area is 146 Å². The maximum atomic E-state index is 4.80. The summed E-state index contributed by atoms with van der Waals surface area (Å²) < 4.78 is 2.09. The fourth-order valence-corrected chi connectivity index (χ4v) is 3.05. The molecular weight excluding hydrogens is 310 g/mol. The van der Waals surface area contributed by atoms with Crippen molar-refractivity contribution in [3.05, 3.63) is 72.2 Å². The Morgan fingerprint density at radius 3 is 2.60 bits per heavy atom. The highest BCUT2D eigenvalue weighted by molar-refractivity contribution is 5.76. The zero-order valence-corrected chi connectivity index (χ0v) is 14.3. The Kier molecular flexibility index (Phi) is 3.98. The highest BCUT2D eigenvalue weighted by Gasteiger charge is 2.10. The number of benzene rings is 1. The van der Waals surface area contributed by atoms with Gasteiger partial charge in [-0.15, -0.1) is 0 Å². The van der Waals surface area contributed by atoms with E-state index in [1.807, 2.05) is 44.3 Å². The number of aromatic nitrogens is 5. The summed E-state index contributed by atoms with van der Waals surface area (Å²) in [7, 11) is 2.04. The number of nitrogens with zero attached hydrogens (tertiary/aromatic N) is 5. The quantitative estimate of drug-likeness (QED) is 0.575. The molecule has 0 saturated heterocycles. The Bertz CT molecular complexity index is 1020. The minimum absolute atomic E-state index is 0.756. The minimum Gasteiger partial charge on any atom is -0.337 e. The van der Waals surface area contributed by atoms with Crippen LogP contribution in [0.1, 0.15) is 17.3 Å². The molecule has 25 heavy (non-hydrogen) atoms. The van der Waals surface area contributed by atoms with Crippen LogP contribution in [0.5, 0.6) is 0 Å². The van der Waals surface area contributed by atoms with Crippen molar-refractivity contribution in [2.45, 2.75) is 19.8 Å². The maximum Gasteiger partial charge on any atom is 0.163 e. The van der Waals surface area contributed by atoms with Crippen LogP contribution < -0.4 is 0 Å². The molecule has 0 aliphatic rings. The predicted octanol–water partition coefficient (Wildman–Crippen LogP) is 3.52. The van der Waals surface area contributed by atoms with E-state index in [0.29, 0.717) is 0 Å². The smallest absolute Gasteiger partial charge is 0.163 e. The first-order chi connectivity index (χ1) is 12.2. The fourth-order valence-electron chi connectivity index (χ4n) is 3.05. The van der Waals surface area contributed by atoms with Crippen LogP contribution in [-0.2, 0) is 19.9 Å². The molecule has 3 aromatic heterocycles. The lowest BCUT2D eigenvalue weighted by molar-refractivity contribution is 0.761. The van der Waals surface area contributed by atoms with Crippen LogP contribution in [0, 0.1) is 6.92 Å². The van der Waals surface area contributed by atoms with Gasteiger partial charge in [-0.1, -0.05) is 30.3 Å². The number of aryl methyl sites for hydroxylation is 4. The maximum absolute atomic E-state index is 4.80. The molecule has 0 amide bonds. The third kappa shape index (κ3) is 3.13. The zero-order chi connectivity index (χ0) is 17.2. The summed E-state index contributed by atoms with van der Waals surface area (Å²) in [4.78, 5) is 18.2. The van der Waals surface area contributed by atoms with Gasteiger partial charge in [0.2, 0.25) is 0 Å². The summed E-state index contributed by atoms with van der Waals surface area (Å²) in [5, 5.41) is 1.02. The number of fused-ring (bicyclic) bond motifs is 1. The Hall–Kier alpha value is -3.08. The molecule has 0 spiro atoms. The molecule has 5 heteroatoms. The van der Waals surface area contributed by atoms with Gasteiger partial charge in [-0.3, -0.25) is 0 Å². The zero-order valence-electron chi connectivity index (χ0n) is 14.3. The van der Waals surface area contributed by atoms with Crippen molar-refractivity contribution in [2.75, 3.05) is 0 Å². The molecule has 0 bridgehead atoms. The van der Waals surface area contributed by atoms with E-state index in [1.165, 1.54) is 0 Å². The van der Waals surface area contributed by atoms with Crippen molar-refractivity contribution in [1.82, 2.24) is 24.5 Å². The first kappa shape index (κ1) is 15.4. The molecule has 0 fully saturated rings. The van der Waals surface area contributed by atoms with Gasteiger partial charge in [-0.25, -0.2) is 19.9 Å². The van der Waals surface area contributed by atoms with E-state index in [2.05, 4.69) is 37.8 Å². The molecule has 0 N–H and O–H groups in total. The van der Waals surface area contributed by atoms with Crippen molar-refractivity contribution >= 4 is 11.0 Å². The molecule has 0 aliphatic heterocycles. The standard InChI is InChI=1S/C20H19N5/c1-14-22-17(16-9-6-12-21-20(16)23-14)10-11-19-24-18(13-25(19)2)15-7-4-3-5-8-15/h3-9,12-13H,10-11H2,1-2H3. The van der Waals surface area contributed by atoms with Crippen LogP contribution in [0.4, 0.5) is 0 Å². The minimum atomic E-state index is 0.756. The molecule has 0 unspecified atom stereocenters. The second-order valence-electron chi connectivity index (χ2n) is 6.11. The first-order valence-corrected chi connectivity index (χ1v) is 8.36. The van der Waals surface area contributed by atoms with Gasteiger partial charge >= 0.3 is 0 Å². The number of imidazole rings is 1. The Morgan fingerprint density at radius 1 is 0.920 bits per heavy atom. The summed E-state index contributed by atoms with van der Waals surface area (Å²) in [6.07, 6.45) is 5.48. The van der Waals surface area contributed by atoms with Crippen LogP contribution in [0.25, 0.3) is 22.3 Å². The number of pyridine rings is 1. The van der Waals surface area contributed by atoms with Crippen molar-refractivity contribution < 1.29 is 0 Å². The van der Waals surface area contributed by atoms with Crippen molar-refractivity contribution in [1.29, 1.82) is 0 Å². The molecule has 4 aromatic rings. The van der Waals surface area contributed by atoms with Crippen LogP contribution in [0.15, 0.2) is 54.9 Å². The number of hydrogen-bond donors (Lipinski definition) is 0. The van der Waals surface area contributed by atoms with Crippen LogP contribution in [-0.4, -0.2) is 24.5 Å². The normalized spacial score (nSPS) is 11.1. The van der Waals surface area contributed by atoms with Gasteiger partial charge in [0.05, 0.1) is 11.4 Å². The van der Waals surface area contributed by atoms with Crippen LogP contribution in [0.2, 0.25) is 0 Å². The SMILES string of the molecule is Cc1nc(CCc2nc(-c3ccccc3)cn2C)c2cccnc2n1. The topological polar surface area (TPSA) is 56.5 Å². The van der Waals surface area contributed by atoms with Gasteiger partial charge in [-0.05, 0) is 25.5 Å². The molecule has 1 aromatic carbocycles. The van der Waals surface area contributed by atoms with Crippen molar-refractivity contribution in [3.63, 3.8) is 0 Å². The number of hydrogen-bond acceptors (Lipinski definition) is 4. The van der Waals surface area contributed by atoms with E-state index in [1.54, 1.807) is 6.20 Å². The molecule has 0 atom stereocenters. The summed E-state index contributed by atoms with van der Waals surface area (Å²) in [6, 6.07) is 14.2. The molecule has 3 heterocycles. The molecule has 0 saturated carbocycles. The molecular formula is C20H19N5. The third-order valence-electron chi connectivity index (χ3n) is 4.29. The van der Waals surface area contributed by atoms with Crippen LogP contribution in [0.3, 0.4) is 0 Å². The highest BCUT2D eigenvalue weighted by Crippen LogP contribution is 2.20. The molecule has 124 valence electrons. The van der Waals surface area contributed by atoms with Gasteiger partial charge < -0.3 is 4.57 Å². The van der Waals surface area contributed by atoms with E-state index >= 15 is 0 Å². The molecule has 5 nitrogen and oxygen atoms in total. The number of rotatable bonds is 4. The average molecular weight is 329 g/mol. The summed E-state index contributed by atoms with van der Waals surface area (Å²) in [5.41, 5.74) is 3.93. The third-order valence-corrected chi connectivity index (χ3v) is 4.29. The van der Waals surface area contributed by atoms with Gasteiger partial charge in [-0.2, -0.15) is 0 Å². The lowest BCUT2D eigenvalue weighted by Crippen LogP contribution is -2.04. The van der Waals surface area contributed by atoms with Gasteiger partial charge in [0, 0.05) is 36.8 Å². The fraction of sp³-hybridized carbons (Fsp3) is 0.200. The lowest BCUT2D eigenvalue weighted by Gasteiger charge is -2.06. The largest absolute Gasteiger partial charge is 0.337 e. The van der Waals surface area contributed by atoms with E-state index in [0.717, 1.165) is 52.5 Å².